The number of aliphatic carboxylic acids is 2. The zero-order chi connectivity index (χ0) is 9.14. The lowest BCUT2D eigenvalue weighted by Gasteiger charge is -2.21. The van der Waals surface area contributed by atoms with Gasteiger partial charge in [0.15, 0.2) is 0 Å². The summed E-state index contributed by atoms with van der Waals surface area (Å²) in [5.74, 6) is -1.70. The van der Waals surface area contributed by atoms with E-state index in [0.29, 0.717) is 12.8 Å². The summed E-state index contributed by atoms with van der Waals surface area (Å²) in [6.07, 6.45) is 0.897. The van der Waals surface area contributed by atoms with E-state index in [2.05, 4.69) is 0 Å². The van der Waals surface area contributed by atoms with Crippen LogP contribution in [0.2, 0.25) is 0 Å². The third kappa shape index (κ3) is 2.31. The van der Waals surface area contributed by atoms with Crippen LogP contribution in [0, 0.1) is 0 Å². The van der Waals surface area contributed by atoms with Gasteiger partial charge in [-0.25, -0.2) is 0 Å². The molecule has 1 aliphatic heterocycles. The predicted octanol–water partition coefficient (Wildman–Crippen LogP) is 1.07. The SMILES string of the molecule is O=C(O)C1CCC(C(=O)O)SS1. The van der Waals surface area contributed by atoms with E-state index in [9.17, 15) is 9.59 Å². The van der Waals surface area contributed by atoms with E-state index in [1.165, 1.54) is 0 Å². The van der Waals surface area contributed by atoms with Crippen LogP contribution in [-0.4, -0.2) is 32.7 Å². The van der Waals surface area contributed by atoms with Crippen LogP contribution in [0.5, 0.6) is 0 Å². The second-order valence-corrected chi connectivity index (χ2v) is 5.10. The maximum atomic E-state index is 10.4. The smallest absolute Gasteiger partial charge is 0.317 e. The van der Waals surface area contributed by atoms with Crippen molar-refractivity contribution in [1.29, 1.82) is 0 Å². The van der Waals surface area contributed by atoms with Crippen LogP contribution in [0.4, 0.5) is 0 Å². The summed E-state index contributed by atoms with van der Waals surface area (Å²) < 4.78 is 0. The minimum atomic E-state index is -0.851. The van der Waals surface area contributed by atoms with Gasteiger partial charge in [-0.1, -0.05) is 21.6 Å². The molecule has 1 rings (SSSR count). The molecule has 0 radical (unpaired) electrons. The first-order chi connectivity index (χ1) is 5.61. The molecule has 2 unspecified atom stereocenters. The quantitative estimate of drug-likeness (QED) is 0.661. The Morgan fingerprint density at radius 1 is 1.00 bits per heavy atom. The van der Waals surface area contributed by atoms with E-state index in [4.69, 9.17) is 10.2 Å². The predicted molar refractivity (Wildman–Crippen MR) is 47.3 cm³/mol. The third-order valence-corrected chi connectivity index (χ3v) is 4.71. The summed E-state index contributed by atoms with van der Waals surface area (Å²) in [5, 5.41) is 16.3. The summed E-state index contributed by atoms with van der Waals surface area (Å²) in [4.78, 5) is 20.9. The van der Waals surface area contributed by atoms with Crippen LogP contribution >= 0.6 is 21.6 Å². The molecular formula is C6H8O4S2. The van der Waals surface area contributed by atoms with Crippen LogP contribution in [0.3, 0.4) is 0 Å². The highest BCUT2D eigenvalue weighted by Gasteiger charge is 2.30. The maximum absolute atomic E-state index is 10.4. The highest BCUT2D eigenvalue weighted by atomic mass is 33.1. The van der Waals surface area contributed by atoms with Gasteiger partial charge in [0.25, 0.3) is 0 Å². The second kappa shape index (κ2) is 4.04. The van der Waals surface area contributed by atoms with E-state index in [0.717, 1.165) is 21.6 Å². The number of hydrogen-bond donors (Lipinski definition) is 2. The number of hydrogen-bond acceptors (Lipinski definition) is 4. The molecular weight excluding hydrogens is 200 g/mol. The summed E-state index contributed by atoms with van der Waals surface area (Å²) >= 11 is 0. The first kappa shape index (κ1) is 9.73. The van der Waals surface area contributed by atoms with E-state index in [-0.39, 0.29) is 0 Å². The van der Waals surface area contributed by atoms with Gasteiger partial charge in [-0.05, 0) is 12.8 Å². The van der Waals surface area contributed by atoms with E-state index in [1.807, 2.05) is 0 Å². The van der Waals surface area contributed by atoms with Crippen molar-refractivity contribution >= 4 is 33.5 Å². The highest BCUT2D eigenvalue weighted by Crippen LogP contribution is 2.40. The lowest BCUT2D eigenvalue weighted by atomic mass is 10.2. The van der Waals surface area contributed by atoms with E-state index >= 15 is 0 Å². The normalized spacial score (nSPS) is 29.7. The van der Waals surface area contributed by atoms with Gasteiger partial charge in [-0.2, -0.15) is 0 Å². The fourth-order valence-corrected chi connectivity index (χ4v) is 3.64. The number of carbonyl (C=O) groups is 2. The molecule has 0 bridgehead atoms. The molecule has 1 fully saturated rings. The molecule has 0 aliphatic carbocycles. The fraction of sp³-hybridized carbons (Fsp3) is 0.667. The van der Waals surface area contributed by atoms with Gasteiger partial charge < -0.3 is 10.2 Å². The molecule has 0 spiro atoms. The zero-order valence-electron chi connectivity index (χ0n) is 6.10. The van der Waals surface area contributed by atoms with Gasteiger partial charge in [0.2, 0.25) is 0 Å². The van der Waals surface area contributed by atoms with Crippen molar-refractivity contribution < 1.29 is 19.8 Å². The lowest BCUT2D eigenvalue weighted by molar-refractivity contribution is -0.138. The molecule has 0 aromatic carbocycles. The van der Waals surface area contributed by atoms with Crippen LogP contribution in [-0.2, 0) is 9.59 Å². The molecule has 0 saturated carbocycles. The highest BCUT2D eigenvalue weighted by molar-refractivity contribution is 8.77. The standard InChI is InChI=1S/C6H8O4S2/c7-5(8)3-1-2-4(6(9)10)12-11-3/h3-4H,1-2H2,(H,7,8)(H,9,10). The third-order valence-electron chi connectivity index (χ3n) is 1.53. The zero-order valence-corrected chi connectivity index (χ0v) is 7.73. The first-order valence-corrected chi connectivity index (χ1v) is 5.66. The Hall–Kier alpha value is -0.360. The molecule has 0 aromatic rings. The average Bonchev–Trinajstić information content (AvgIpc) is 2.04. The van der Waals surface area contributed by atoms with Crippen molar-refractivity contribution in [3.63, 3.8) is 0 Å². The monoisotopic (exact) mass is 208 g/mol. The van der Waals surface area contributed by atoms with Crippen LogP contribution in [0.1, 0.15) is 12.8 Å². The molecule has 12 heavy (non-hydrogen) atoms. The molecule has 1 heterocycles. The molecule has 1 saturated heterocycles. The maximum Gasteiger partial charge on any atom is 0.317 e. The van der Waals surface area contributed by atoms with Crippen LogP contribution in [0.15, 0.2) is 0 Å². The van der Waals surface area contributed by atoms with Crippen molar-refractivity contribution in [2.24, 2.45) is 0 Å². The van der Waals surface area contributed by atoms with Gasteiger partial charge in [-0.3, -0.25) is 9.59 Å². The summed E-state index contributed by atoms with van der Waals surface area (Å²) in [7, 11) is 2.29. The molecule has 1 aliphatic rings. The Morgan fingerprint density at radius 3 is 1.50 bits per heavy atom. The molecule has 68 valence electrons. The van der Waals surface area contributed by atoms with Gasteiger partial charge >= 0.3 is 11.9 Å². The molecule has 0 aromatic heterocycles. The Labute approximate surface area is 77.1 Å². The topological polar surface area (TPSA) is 74.6 Å². The van der Waals surface area contributed by atoms with Crippen LogP contribution in [0.25, 0.3) is 0 Å². The van der Waals surface area contributed by atoms with Crippen molar-refractivity contribution in [3.05, 3.63) is 0 Å². The summed E-state index contributed by atoms with van der Waals surface area (Å²) in [5.41, 5.74) is 0. The van der Waals surface area contributed by atoms with Gasteiger partial charge in [0.05, 0.1) is 0 Å². The van der Waals surface area contributed by atoms with Crippen molar-refractivity contribution in [1.82, 2.24) is 0 Å². The Balaban J connectivity index is 2.39. The average molecular weight is 208 g/mol. The minimum Gasteiger partial charge on any atom is -0.480 e. The Bertz CT molecular complexity index is 176. The molecule has 0 amide bonds. The Kier molecular flexibility index (Phi) is 3.28. The van der Waals surface area contributed by atoms with Gasteiger partial charge in [0.1, 0.15) is 10.5 Å². The van der Waals surface area contributed by atoms with Crippen molar-refractivity contribution in [2.45, 2.75) is 23.3 Å². The van der Waals surface area contributed by atoms with Gasteiger partial charge in [0, 0.05) is 0 Å². The number of rotatable bonds is 2. The van der Waals surface area contributed by atoms with E-state index < -0.39 is 22.4 Å². The summed E-state index contributed by atoms with van der Waals surface area (Å²) in [6, 6.07) is 0. The van der Waals surface area contributed by atoms with Crippen molar-refractivity contribution in [3.8, 4) is 0 Å². The molecule has 2 N–H and O–H groups in total. The number of carboxylic acid groups (broad SMARTS) is 2. The fourth-order valence-electron chi connectivity index (χ4n) is 0.862. The van der Waals surface area contributed by atoms with E-state index in [1.54, 1.807) is 0 Å². The summed E-state index contributed by atoms with van der Waals surface area (Å²) in [6.45, 7) is 0. The van der Waals surface area contributed by atoms with Gasteiger partial charge in [-0.15, -0.1) is 0 Å². The number of carboxylic acids is 2. The van der Waals surface area contributed by atoms with Crippen molar-refractivity contribution in [2.75, 3.05) is 0 Å². The largest absolute Gasteiger partial charge is 0.480 e. The Morgan fingerprint density at radius 2 is 1.33 bits per heavy atom. The first-order valence-electron chi connectivity index (χ1n) is 3.39. The van der Waals surface area contributed by atoms with Crippen LogP contribution < -0.4 is 0 Å². The second-order valence-electron chi connectivity index (χ2n) is 2.42. The lowest BCUT2D eigenvalue weighted by Crippen LogP contribution is -2.25. The minimum absolute atomic E-state index is 0.439. The molecule has 6 heteroatoms. The molecule has 2 atom stereocenters. The molecule has 4 nitrogen and oxygen atoms in total.